The van der Waals surface area contributed by atoms with E-state index in [2.05, 4.69) is 15.3 Å². The molecule has 16 heavy (non-hydrogen) atoms. The molecule has 2 saturated carbocycles. The highest BCUT2D eigenvalue weighted by atomic mass is 14.9. The summed E-state index contributed by atoms with van der Waals surface area (Å²) in [5.74, 6) is 2.99. The van der Waals surface area contributed by atoms with Gasteiger partial charge in [0, 0.05) is 25.1 Å². The van der Waals surface area contributed by atoms with Gasteiger partial charge in [-0.25, -0.2) is 0 Å². The largest absolute Gasteiger partial charge is 0.311 e. The molecular formula is C13H19N3. The summed E-state index contributed by atoms with van der Waals surface area (Å²) in [6, 6.07) is 0. The van der Waals surface area contributed by atoms with Gasteiger partial charge in [-0.15, -0.1) is 0 Å². The maximum absolute atomic E-state index is 4.27. The molecule has 0 saturated heterocycles. The van der Waals surface area contributed by atoms with Crippen LogP contribution in [0.5, 0.6) is 0 Å². The molecule has 0 aliphatic heterocycles. The Morgan fingerprint density at radius 3 is 2.94 bits per heavy atom. The molecule has 3 nitrogen and oxygen atoms in total. The highest BCUT2D eigenvalue weighted by Crippen LogP contribution is 2.47. The van der Waals surface area contributed by atoms with Crippen molar-refractivity contribution in [2.75, 3.05) is 6.54 Å². The van der Waals surface area contributed by atoms with Crippen molar-refractivity contribution in [1.82, 2.24) is 15.3 Å². The van der Waals surface area contributed by atoms with Crippen molar-refractivity contribution in [1.29, 1.82) is 0 Å². The standard InChI is InChI=1S/C13H19N3/c1-2-11-5-10(1)6-12(11)7-15-9-13-8-14-3-4-16-13/h3-4,8,10-12,15H,1-2,5-7,9H2. The quantitative estimate of drug-likeness (QED) is 0.838. The van der Waals surface area contributed by atoms with Gasteiger partial charge in [-0.1, -0.05) is 6.42 Å². The van der Waals surface area contributed by atoms with Gasteiger partial charge in [-0.3, -0.25) is 9.97 Å². The number of nitrogens with zero attached hydrogens (tertiary/aromatic N) is 2. The van der Waals surface area contributed by atoms with Gasteiger partial charge < -0.3 is 5.32 Å². The predicted molar refractivity (Wildman–Crippen MR) is 62.7 cm³/mol. The van der Waals surface area contributed by atoms with Gasteiger partial charge in [-0.2, -0.15) is 0 Å². The third-order valence-corrected chi connectivity index (χ3v) is 4.21. The summed E-state index contributed by atoms with van der Waals surface area (Å²) < 4.78 is 0. The van der Waals surface area contributed by atoms with E-state index < -0.39 is 0 Å². The summed E-state index contributed by atoms with van der Waals surface area (Å²) in [6.07, 6.45) is 11.2. The van der Waals surface area contributed by atoms with Crippen LogP contribution in [0.15, 0.2) is 18.6 Å². The van der Waals surface area contributed by atoms with Crippen LogP contribution in [0.25, 0.3) is 0 Å². The lowest BCUT2D eigenvalue weighted by molar-refractivity contribution is 0.318. The minimum atomic E-state index is 0.863. The lowest BCUT2D eigenvalue weighted by Gasteiger charge is -2.21. The van der Waals surface area contributed by atoms with Gasteiger partial charge in [0.15, 0.2) is 0 Å². The maximum atomic E-state index is 4.27. The fraction of sp³-hybridized carbons (Fsp3) is 0.692. The fourth-order valence-corrected chi connectivity index (χ4v) is 3.43. The van der Waals surface area contributed by atoms with Crippen LogP contribution in [0.2, 0.25) is 0 Å². The zero-order valence-electron chi connectivity index (χ0n) is 9.60. The number of hydrogen-bond acceptors (Lipinski definition) is 3. The molecule has 2 bridgehead atoms. The second-order valence-corrected chi connectivity index (χ2v) is 5.26. The van der Waals surface area contributed by atoms with Crippen LogP contribution in [-0.2, 0) is 6.54 Å². The van der Waals surface area contributed by atoms with Gasteiger partial charge in [-0.05, 0) is 43.6 Å². The van der Waals surface area contributed by atoms with Crippen LogP contribution in [0.3, 0.4) is 0 Å². The number of rotatable bonds is 4. The molecule has 2 fully saturated rings. The number of nitrogens with one attached hydrogen (secondary N) is 1. The minimum Gasteiger partial charge on any atom is -0.311 e. The van der Waals surface area contributed by atoms with E-state index in [-0.39, 0.29) is 0 Å². The minimum absolute atomic E-state index is 0.863. The van der Waals surface area contributed by atoms with E-state index in [1.807, 2.05) is 6.20 Å². The van der Waals surface area contributed by atoms with E-state index in [9.17, 15) is 0 Å². The van der Waals surface area contributed by atoms with E-state index in [4.69, 9.17) is 0 Å². The molecule has 3 atom stereocenters. The van der Waals surface area contributed by atoms with Gasteiger partial charge in [0.2, 0.25) is 0 Å². The van der Waals surface area contributed by atoms with E-state index in [1.165, 1.54) is 25.7 Å². The molecule has 1 N–H and O–H groups in total. The van der Waals surface area contributed by atoms with Crippen LogP contribution in [0, 0.1) is 17.8 Å². The van der Waals surface area contributed by atoms with Crippen LogP contribution in [-0.4, -0.2) is 16.5 Å². The topological polar surface area (TPSA) is 37.8 Å². The number of aromatic nitrogens is 2. The second kappa shape index (κ2) is 4.50. The van der Waals surface area contributed by atoms with Gasteiger partial charge >= 0.3 is 0 Å². The first kappa shape index (κ1) is 10.2. The van der Waals surface area contributed by atoms with Gasteiger partial charge in [0.05, 0.1) is 5.69 Å². The Hall–Kier alpha value is -0.960. The van der Waals surface area contributed by atoms with Crippen molar-refractivity contribution in [2.45, 2.75) is 32.2 Å². The highest BCUT2D eigenvalue weighted by molar-refractivity contribution is 4.95. The van der Waals surface area contributed by atoms with Crippen LogP contribution in [0.1, 0.15) is 31.4 Å². The van der Waals surface area contributed by atoms with Gasteiger partial charge in [0.1, 0.15) is 0 Å². The summed E-state index contributed by atoms with van der Waals surface area (Å²) >= 11 is 0. The molecule has 86 valence electrons. The first-order valence-electron chi connectivity index (χ1n) is 6.37. The zero-order chi connectivity index (χ0) is 10.8. The molecule has 0 amide bonds. The summed E-state index contributed by atoms with van der Waals surface area (Å²) in [7, 11) is 0. The molecule has 0 aromatic carbocycles. The average Bonchev–Trinajstić information content (AvgIpc) is 2.92. The Morgan fingerprint density at radius 1 is 1.25 bits per heavy atom. The molecule has 3 unspecified atom stereocenters. The Kier molecular flexibility index (Phi) is 2.87. The van der Waals surface area contributed by atoms with Crippen molar-refractivity contribution in [3.63, 3.8) is 0 Å². The van der Waals surface area contributed by atoms with E-state index in [0.717, 1.165) is 36.5 Å². The lowest BCUT2D eigenvalue weighted by Crippen LogP contribution is -2.26. The van der Waals surface area contributed by atoms with Crippen molar-refractivity contribution >= 4 is 0 Å². The monoisotopic (exact) mass is 217 g/mol. The second-order valence-electron chi connectivity index (χ2n) is 5.26. The fourth-order valence-electron chi connectivity index (χ4n) is 3.43. The van der Waals surface area contributed by atoms with E-state index >= 15 is 0 Å². The summed E-state index contributed by atoms with van der Waals surface area (Å²) in [5, 5.41) is 3.53. The van der Waals surface area contributed by atoms with Crippen molar-refractivity contribution < 1.29 is 0 Å². The molecule has 2 aliphatic carbocycles. The third-order valence-electron chi connectivity index (χ3n) is 4.21. The zero-order valence-corrected chi connectivity index (χ0v) is 9.60. The molecule has 1 heterocycles. The Morgan fingerprint density at radius 2 is 2.25 bits per heavy atom. The van der Waals surface area contributed by atoms with Crippen molar-refractivity contribution in [3.8, 4) is 0 Å². The Bertz CT molecular complexity index is 338. The summed E-state index contributed by atoms with van der Waals surface area (Å²) in [5.41, 5.74) is 1.05. The highest BCUT2D eigenvalue weighted by Gasteiger charge is 2.38. The number of fused-ring (bicyclic) bond motifs is 2. The van der Waals surface area contributed by atoms with Crippen molar-refractivity contribution in [3.05, 3.63) is 24.3 Å². The molecule has 2 aliphatic rings. The number of hydrogen-bond donors (Lipinski definition) is 1. The summed E-state index contributed by atoms with van der Waals surface area (Å²) in [4.78, 5) is 8.34. The first-order chi connectivity index (χ1) is 7.92. The average molecular weight is 217 g/mol. The normalized spacial score (nSPS) is 32.1. The van der Waals surface area contributed by atoms with Gasteiger partial charge in [0.25, 0.3) is 0 Å². The molecule has 3 rings (SSSR count). The maximum Gasteiger partial charge on any atom is 0.0724 e. The molecule has 0 spiro atoms. The molecule has 3 heteroatoms. The molecular weight excluding hydrogens is 198 g/mol. The Balaban J connectivity index is 1.44. The molecule has 1 aromatic rings. The van der Waals surface area contributed by atoms with Crippen LogP contribution in [0.4, 0.5) is 0 Å². The van der Waals surface area contributed by atoms with E-state index in [0.29, 0.717) is 0 Å². The van der Waals surface area contributed by atoms with E-state index in [1.54, 1.807) is 12.4 Å². The van der Waals surface area contributed by atoms with Crippen molar-refractivity contribution in [2.24, 2.45) is 17.8 Å². The summed E-state index contributed by atoms with van der Waals surface area (Å²) in [6.45, 7) is 2.03. The third kappa shape index (κ3) is 2.09. The Labute approximate surface area is 96.7 Å². The molecule has 1 aromatic heterocycles. The smallest absolute Gasteiger partial charge is 0.0724 e. The molecule has 0 radical (unpaired) electrons. The predicted octanol–water partition coefficient (Wildman–Crippen LogP) is 2.00. The first-order valence-corrected chi connectivity index (χ1v) is 6.37. The SMILES string of the molecule is c1cnc(CNCC2CC3CCC2C3)cn1. The van der Waals surface area contributed by atoms with Crippen LogP contribution < -0.4 is 5.32 Å². The van der Waals surface area contributed by atoms with Crippen LogP contribution >= 0.6 is 0 Å². The lowest BCUT2D eigenvalue weighted by atomic mass is 9.89.